The van der Waals surface area contributed by atoms with Gasteiger partial charge in [0.15, 0.2) is 6.10 Å². The average molecular weight is 608 g/mol. The summed E-state index contributed by atoms with van der Waals surface area (Å²) in [5.41, 5.74) is 0. The van der Waals surface area contributed by atoms with E-state index >= 15 is 0 Å². The number of nitrogens with zero attached hydrogens (tertiary/aromatic N) is 1. The van der Waals surface area contributed by atoms with Crippen LogP contribution in [-0.2, 0) is 32.7 Å². The molecule has 0 saturated heterocycles. The standard InChI is InChI=1S/C31H62NO8P/c1-6-8-10-12-14-15-16-17-18-20-22-24-31(34)40-29(27-37-30(33)23-21-19-13-11-9-7-2)28-39-41(35,36)38-26-25-32(3,4)5/h29H,6-28H2,1-5H3. The second kappa shape index (κ2) is 25.5. The molecule has 0 spiro atoms. The van der Waals surface area contributed by atoms with Crippen molar-refractivity contribution in [2.75, 3.05) is 47.5 Å². The molecular formula is C31H62NO8P. The molecule has 0 aromatic heterocycles. The first-order chi connectivity index (χ1) is 19.5. The molecule has 2 atom stereocenters. The molecule has 0 aliphatic carbocycles. The van der Waals surface area contributed by atoms with Crippen molar-refractivity contribution in [2.45, 2.75) is 142 Å². The molecule has 0 aromatic rings. The summed E-state index contributed by atoms with van der Waals surface area (Å²) in [7, 11) is 1.17. The minimum atomic E-state index is -4.59. The van der Waals surface area contributed by atoms with Crippen LogP contribution in [0.15, 0.2) is 0 Å². The molecule has 0 aliphatic heterocycles. The number of phosphoric acid groups is 1. The molecule has 244 valence electrons. The number of quaternary nitrogens is 1. The Kier molecular flexibility index (Phi) is 24.9. The Balaban J connectivity index is 4.49. The van der Waals surface area contributed by atoms with Gasteiger partial charge in [0, 0.05) is 12.8 Å². The zero-order valence-electron chi connectivity index (χ0n) is 27.0. The van der Waals surface area contributed by atoms with Crippen LogP contribution in [0, 0.1) is 0 Å². The minimum absolute atomic E-state index is 0.0270. The van der Waals surface area contributed by atoms with Crippen molar-refractivity contribution < 1.29 is 42.1 Å². The van der Waals surface area contributed by atoms with E-state index in [2.05, 4.69) is 13.8 Å². The summed E-state index contributed by atoms with van der Waals surface area (Å²) >= 11 is 0. The number of carbonyl (C=O) groups is 2. The summed E-state index contributed by atoms with van der Waals surface area (Å²) in [5.74, 6) is -0.843. The van der Waals surface area contributed by atoms with Crippen molar-refractivity contribution in [1.82, 2.24) is 0 Å². The molecule has 0 heterocycles. The van der Waals surface area contributed by atoms with Crippen LogP contribution in [0.3, 0.4) is 0 Å². The minimum Gasteiger partial charge on any atom is -0.756 e. The monoisotopic (exact) mass is 607 g/mol. The van der Waals surface area contributed by atoms with Gasteiger partial charge in [-0.2, -0.15) is 0 Å². The number of phosphoric ester groups is 1. The highest BCUT2D eigenvalue weighted by Gasteiger charge is 2.21. The Morgan fingerprint density at radius 2 is 1.10 bits per heavy atom. The quantitative estimate of drug-likeness (QED) is 0.0383. The van der Waals surface area contributed by atoms with Crippen LogP contribution >= 0.6 is 7.82 Å². The molecule has 0 fully saturated rings. The summed E-state index contributed by atoms with van der Waals surface area (Å²) < 4.78 is 33.4. The topological polar surface area (TPSA) is 111 Å². The van der Waals surface area contributed by atoms with Gasteiger partial charge in [-0.1, -0.05) is 110 Å². The Morgan fingerprint density at radius 1 is 0.659 bits per heavy atom. The second-order valence-corrected chi connectivity index (χ2v) is 13.6. The Morgan fingerprint density at radius 3 is 1.56 bits per heavy atom. The number of hydrogen-bond donors (Lipinski definition) is 0. The third-order valence-corrected chi connectivity index (χ3v) is 7.84. The fraction of sp³-hybridized carbons (Fsp3) is 0.935. The third-order valence-electron chi connectivity index (χ3n) is 6.88. The maximum absolute atomic E-state index is 12.5. The number of carbonyl (C=O) groups excluding carboxylic acids is 2. The summed E-state index contributed by atoms with van der Waals surface area (Å²) in [6, 6.07) is 0. The highest BCUT2D eigenvalue weighted by molar-refractivity contribution is 7.45. The molecule has 0 bridgehead atoms. The van der Waals surface area contributed by atoms with Gasteiger partial charge in [0.2, 0.25) is 0 Å². The zero-order valence-corrected chi connectivity index (χ0v) is 27.9. The van der Waals surface area contributed by atoms with Crippen LogP contribution in [0.5, 0.6) is 0 Å². The molecule has 0 N–H and O–H groups in total. The van der Waals surface area contributed by atoms with Crippen molar-refractivity contribution in [3.05, 3.63) is 0 Å². The lowest BCUT2D eigenvalue weighted by molar-refractivity contribution is -0.870. The highest BCUT2D eigenvalue weighted by Crippen LogP contribution is 2.38. The molecule has 0 aromatic carbocycles. The largest absolute Gasteiger partial charge is 0.756 e. The van der Waals surface area contributed by atoms with E-state index in [1.54, 1.807) is 0 Å². The van der Waals surface area contributed by atoms with Gasteiger partial charge in [0.1, 0.15) is 19.8 Å². The predicted molar refractivity (Wildman–Crippen MR) is 162 cm³/mol. The van der Waals surface area contributed by atoms with Gasteiger partial charge in [-0.25, -0.2) is 0 Å². The van der Waals surface area contributed by atoms with Crippen LogP contribution in [0.25, 0.3) is 0 Å². The van der Waals surface area contributed by atoms with Gasteiger partial charge < -0.3 is 27.9 Å². The molecular weight excluding hydrogens is 545 g/mol. The fourth-order valence-electron chi connectivity index (χ4n) is 4.24. The maximum atomic E-state index is 12.5. The number of esters is 2. The molecule has 2 unspecified atom stereocenters. The van der Waals surface area contributed by atoms with E-state index in [0.717, 1.165) is 38.5 Å². The highest BCUT2D eigenvalue weighted by atomic mass is 31.2. The number of likely N-dealkylation sites (N-methyl/N-ethyl adjacent to an activating group) is 1. The van der Waals surface area contributed by atoms with E-state index in [1.165, 1.54) is 64.2 Å². The zero-order chi connectivity index (χ0) is 30.8. The van der Waals surface area contributed by atoms with E-state index < -0.39 is 32.5 Å². The maximum Gasteiger partial charge on any atom is 0.306 e. The SMILES string of the molecule is CCCCCCCCCCCCCC(=O)OC(COC(=O)CCCCCCCC)COP(=O)([O-])OCC[N+](C)(C)C. The summed E-state index contributed by atoms with van der Waals surface area (Å²) in [6.07, 6.45) is 18.7. The summed E-state index contributed by atoms with van der Waals surface area (Å²) in [6.45, 7) is 4.12. The molecule has 0 rings (SSSR count). The lowest BCUT2D eigenvalue weighted by atomic mass is 10.1. The first kappa shape index (κ1) is 40.0. The molecule has 41 heavy (non-hydrogen) atoms. The Labute approximate surface area is 251 Å². The van der Waals surface area contributed by atoms with Gasteiger partial charge in [-0.3, -0.25) is 14.2 Å². The van der Waals surface area contributed by atoms with Crippen molar-refractivity contribution >= 4 is 19.8 Å². The lowest BCUT2D eigenvalue weighted by Gasteiger charge is -2.28. The van der Waals surface area contributed by atoms with E-state index in [9.17, 15) is 19.0 Å². The molecule has 0 amide bonds. The van der Waals surface area contributed by atoms with Crippen molar-refractivity contribution in [2.24, 2.45) is 0 Å². The van der Waals surface area contributed by atoms with E-state index in [1.807, 2.05) is 21.1 Å². The van der Waals surface area contributed by atoms with E-state index in [-0.39, 0.29) is 26.1 Å². The smallest absolute Gasteiger partial charge is 0.306 e. The van der Waals surface area contributed by atoms with Gasteiger partial charge in [0.05, 0.1) is 27.7 Å². The Bertz CT molecular complexity index is 698. The third kappa shape index (κ3) is 28.9. The van der Waals surface area contributed by atoms with Crippen molar-refractivity contribution in [3.63, 3.8) is 0 Å². The van der Waals surface area contributed by atoms with E-state index in [0.29, 0.717) is 17.4 Å². The normalized spacial score (nSPS) is 14.0. The molecule has 0 radical (unpaired) electrons. The van der Waals surface area contributed by atoms with Crippen LogP contribution in [-0.4, -0.2) is 70.0 Å². The number of unbranched alkanes of at least 4 members (excludes halogenated alkanes) is 15. The van der Waals surface area contributed by atoms with Crippen LogP contribution in [0.2, 0.25) is 0 Å². The molecule has 9 nitrogen and oxygen atoms in total. The van der Waals surface area contributed by atoms with Crippen LogP contribution < -0.4 is 4.89 Å². The van der Waals surface area contributed by atoms with Crippen LogP contribution in [0.1, 0.15) is 136 Å². The molecule has 10 heteroatoms. The molecule has 0 aliphatic rings. The second-order valence-electron chi connectivity index (χ2n) is 12.2. The molecule has 0 saturated carbocycles. The number of hydrogen-bond acceptors (Lipinski definition) is 8. The van der Waals surface area contributed by atoms with Crippen molar-refractivity contribution in [3.8, 4) is 0 Å². The van der Waals surface area contributed by atoms with Gasteiger partial charge >= 0.3 is 11.9 Å². The van der Waals surface area contributed by atoms with Crippen molar-refractivity contribution in [1.29, 1.82) is 0 Å². The average Bonchev–Trinajstić information content (AvgIpc) is 2.90. The first-order valence-corrected chi connectivity index (χ1v) is 17.7. The summed E-state index contributed by atoms with van der Waals surface area (Å²) in [5, 5.41) is 0. The predicted octanol–water partition coefficient (Wildman–Crippen LogP) is 7.10. The number of rotatable bonds is 29. The Hall–Kier alpha value is -0.990. The summed E-state index contributed by atoms with van der Waals surface area (Å²) in [4.78, 5) is 36.9. The fourth-order valence-corrected chi connectivity index (χ4v) is 4.97. The van der Waals surface area contributed by atoms with E-state index in [4.69, 9.17) is 18.5 Å². The van der Waals surface area contributed by atoms with Gasteiger partial charge in [-0.15, -0.1) is 0 Å². The first-order valence-electron chi connectivity index (χ1n) is 16.2. The van der Waals surface area contributed by atoms with Gasteiger partial charge in [0.25, 0.3) is 7.82 Å². The van der Waals surface area contributed by atoms with Crippen LogP contribution in [0.4, 0.5) is 0 Å². The van der Waals surface area contributed by atoms with Gasteiger partial charge in [-0.05, 0) is 12.8 Å². The number of ether oxygens (including phenoxy) is 2. The lowest BCUT2D eigenvalue weighted by Crippen LogP contribution is -2.37.